The third-order valence-corrected chi connectivity index (χ3v) is 7.60. The molecule has 2 aromatic heterocycles. The Kier molecular flexibility index (Phi) is 4.68. The molecule has 9 nitrogen and oxygen atoms in total. The summed E-state index contributed by atoms with van der Waals surface area (Å²) in [7, 11) is 1.79. The van der Waals surface area contributed by atoms with Gasteiger partial charge >= 0.3 is 0 Å². The van der Waals surface area contributed by atoms with Crippen LogP contribution in [0.15, 0.2) is 30.7 Å². The number of aromatic hydroxyl groups is 1. The van der Waals surface area contributed by atoms with Gasteiger partial charge in [0.1, 0.15) is 23.9 Å². The van der Waals surface area contributed by atoms with Crippen LogP contribution >= 0.6 is 0 Å². The minimum atomic E-state index is -1.01. The van der Waals surface area contributed by atoms with Gasteiger partial charge in [0.05, 0.1) is 12.2 Å². The third kappa shape index (κ3) is 3.51. The summed E-state index contributed by atoms with van der Waals surface area (Å²) in [6.45, 7) is 4.19. The van der Waals surface area contributed by atoms with E-state index < -0.39 is 11.7 Å². The van der Waals surface area contributed by atoms with E-state index in [2.05, 4.69) is 42.4 Å². The number of phenols is 1. The van der Waals surface area contributed by atoms with E-state index in [1.54, 1.807) is 36.4 Å². The molecule has 6 rings (SSSR count). The number of piperidine rings is 1. The quantitative estimate of drug-likeness (QED) is 0.594. The van der Waals surface area contributed by atoms with Crippen molar-refractivity contribution in [2.24, 2.45) is 7.05 Å². The molecular weight excluding hydrogens is 435 g/mol. The van der Waals surface area contributed by atoms with Crippen LogP contribution in [-0.4, -0.2) is 64.4 Å². The molecule has 1 aliphatic carbocycles. The van der Waals surface area contributed by atoms with E-state index in [-0.39, 0.29) is 23.4 Å². The van der Waals surface area contributed by atoms with Crippen LogP contribution in [0.2, 0.25) is 0 Å². The zero-order valence-corrected chi connectivity index (χ0v) is 19.6. The zero-order valence-electron chi connectivity index (χ0n) is 19.6. The van der Waals surface area contributed by atoms with E-state index in [4.69, 9.17) is 0 Å². The first-order valence-corrected chi connectivity index (χ1v) is 11.9. The van der Waals surface area contributed by atoms with Gasteiger partial charge in [-0.2, -0.15) is 5.10 Å². The van der Waals surface area contributed by atoms with Crippen molar-refractivity contribution in [3.05, 3.63) is 30.7 Å². The van der Waals surface area contributed by atoms with E-state index in [0.29, 0.717) is 28.6 Å². The Labute approximate surface area is 197 Å². The second kappa shape index (κ2) is 7.43. The van der Waals surface area contributed by atoms with Crippen LogP contribution in [0.3, 0.4) is 0 Å². The van der Waals surface area contributed by atoms with Gasteiger partial charge in [-0.05, 0) is 58.1 Å². The Morgan fingerprint density at radius 1 is 1.18 bits per heavy atom. The molecule has 0 amide bonds. The molecule has 1 aromatic carbocycles. The van der Waals surface area contributed by atoms with E-state index in [1.165, 1.54) is 0 Å². The lowest BCUT2D eigenvalue weighted by Gasteiger charge is -2.48. The number of aromatic nitrogens is 6. The maximum absolute atomic E-state index is 15.8. The van der Waals surface area contributed by atoms with Crippen LogP contribution in [0.1, 0.15) is 46.0 Å². The molecule has 2 aliphatic heterocycles. The van der Waals surface area contributed by atoms with Crippen LogP contribution in [0.5, 0.6) is 5.75 Å². The molecule has 2 saturated heterocycles. The molecule has 4 heterocycles. The highest BCUT2D eigenvalue weighted by Gasteiger charge is 2.58. The van der Waals surface area contributed by atoms with Gasteiger partial charge < -0.3 is 15.3 Å². The lowest BCUT2D eigenvalue weighted by atomic mass is 9.82. The minimum Gasteiger partial charge on any atom is -0.507 e. The van der Waals surface area contributed by atoms with Gasteiger partial charge in [0.15, 0.2) is 5.82 Å². The average molecular weight is 465 g/mol. The molecule has 10 heteroatoms. The highest BCUT2D eigenvalue weighted by atomic mass is 19.1. The fourth-order valence-corrected chi connectivity index (χ4v) is 5.74. The Balaban J connectivity index is 1.28. The molecule has 178 valence electrons. The number of hydrogen-bond acceptors (Lipinski definition) is 8. The van der Waals surface area contributed by atoms with Crippen LogP contribution in [-0.2, 0) is 7.05 Å². The summed E-state index contributed by atoms with van der Waals surface area (Å²) in [5.41, 5.74) is 1.09. The number of fused-ring (bicyclic) bond motifs is 2. The number of hydrogen-bond donors (Lipinski definition) is 2. The van der Waals surface area contributed by atoms with E-state index >= 15 is 4.39 Å². The van der Waals surface area contributed by atoms with Crippen LogP contribution in [0, 0.1) is 0 Å². The molecular formula is C24H29FN8O. The molecule has 3 aliphatic rings. The molecule has 0 spiro atoms. The molecule has 3 fully saturated rings. The molecule has 34 heavy (non-hydrogen) atoms. The Bertz CT molecular complexity index is 1230. The van der Waals surface area contributed by atoms with Gasteiger partial charge in [-0.15, -0.1) is 10.2 Å². The number of alkyl halides is 1. The summed E-state index contributed by atoms with van der Waals surface area (Å²) in [6, 6.07) is 5.17. The molecule has 0 unspecified atom stereocenters. The number of halogens is 1. The Hall–Kier alpha value is -3.14. The first-order chi connectivity index (χ1) is 16.2. The number of anilines is 1. The maximum Gasteiger partial charge on any atom is 0.245 e. The summed E-state index contributed by atoms with van der Waals surface area (Å²) in [4.78, 5) is 10.9. The fraction of sp³-hybridized carbons (Fsp3) is 0.542. The molecule has 2 bridgehead atoms. The fourth-order valence-electron chi connectivity index (χ4n) is 5.74. The van der Waals surface area contributed by atoms with Gasteiger partial charge in [0.25, 0.3) is 0 Å². The number of nitrogens with one attached hydrogen (secondary N) is 1. The molecule has 2 N–H and O–H groups in total. The van der Waals surface area contributed by atoms with Gasteiger partial charge in [-0.3, -0.25) is 4.68 Å². The predicted octanol–water partition coefficient (Wildman–Crippen LogP) is 3.02. The standard InChI is InChI=1S/C24H29FN8O/c1-23-8-9-24(2,31-23)20(25)18(11-23)33(15-5-6-15)22-26-12-17(28-29-22)16-7-4-14(10-19(16)34)21-27-13-32(3)30-21/h4,7,10,12-13,15,18,20,31,34H,5-6,8-9,11H2,1-3H3/t18-,20-,23-,24+/m0/s1. The van der Waals surface area contributed by atoms with Crippen molar-refractivity contribution < 1.29 is 9.50 Å². The lowest BCUT2D eigenvalue weighted by Crippen LogP contribution is -2.66. The summed E-state index contributed by atoms with van der Waals surface area (Å²) in [5.74, 6) is 1.04. The van der Waals surface area contributed by atoms with Crippen molar-refractivity contribution >= 4 is 5.95 Å². The van der Waals surface area contributed by atoms with Crippen molar-refractivity contribution in [3.63, 3.8) is 0 Å². The zero-order chi connectivity index (χ0) is 23.7. The molecule has 0 radical (unpaired) electrons. The van der Waals surface area contributed by atoms with Crippen LogP contribution in [0.4, 0.5) is 10.3 Å². The first kappa shape index (κ1) is 21.4. The van der Waals surface area contributed by atoms with Gasteiger partial charge in [0, 0.05) is 35.3 Å². The molecule has 4 atom stereocenters. The van der Waals surface area contributed by atoms with E-state index in [0.717, 1.165) is 32.1 Å². The van der Waals surface area contributed by atoms with Crippen LogP contribution < -0.4 is 10.2 Å². The minimum absolute atomic E-state index is 0.0486. The second-order valence-corrected chi connectivity index (χ2v) is 10.5. The topological polar surface area (TPSA) is 105 Å². The smallest absolute Gasteiger partial charge is 0.245 e. The largest absolute Gasteiger partial charge is 0.507 e. The van der Waals surface area contributed by atoms with Crippen molar-refractivity contribution in [2.75, 3.05) is 4.90 Å². The predicted molar refractivity (Wildman–Crippen MR) is 125 cm³/mol. The third-order valence-electron chi connectivity index (χ3n) is 7.60. The number of aryl methyl sites for hydroxylation is 1. The van der Waals surface area contributed by atoms with Gasteiger partial charge in [-0.25, -0.2) is 14.4 Å². The Morgan fingerprint density at radius 3 is 2.65 bits per heavy atom. The molecule has 3 aromatic rings. The highest BCUT2D eigenvalue weighted by Crippen LogP contribution is 2.47. The lowest BCUT2D eigenvalue weighted by molar-refractivity contribution is 0.0828. The maximum atomic E-state index is 15.8. The number of nitrogens with zero attached hydrogens (tertiary/aromatic N) is 7. The van der Waals surface area contributed by atoms with Crippen molar-refractivity contribution in [2.45, 2.75) is 75.3 Å². The highest BCUT2D eigenvalue weighted by molar-refractivity contribution is 5.71. The van der Waals surface area contributed by atoms with Crippen molar-refractivity contribution in [3.8, 4) is 28.4 Å². The number of benzene rings is 1. The summed E-state index contributed by atoms with van der Waals surface area (Å²) in [6.07, 6.45) is 6.76. The van der Waals surface area contributed by atoms with E-state index in [9.17, 15) is 5.11 Å². The summed E-state index contributed by atoms with van der Waals surface area (Å²) in [5, 5.41) is 27.2. The van der Waals surface area contributed by atoms with Crippen molar-refractivity contribution in [1.82, 2.24) is 35.3 Å². The number of phenolic OH excluding ortho intramolecular Hbond substituents is 1. The normalized spacial score (nSPS) is 30.5. The monoisotopic (exact) mass is 464 g/mol. The second-order valence-electron chi connectivity index (χ2n) is 10.5. The average Bonchev–Trinajstić information content (AvgIpc) is 3.48. The summed E-state index contributed by atoms with van der Waals surface area (Å²) >= 11 is 0. The Morgan fingerprint density at radius 2 is 2.00 bits per heavy atom. The van der Waals surface area contributed by atoms with Gasteiger partial charge in [0.2, 0.25) is 5.95 Å². The molecule has 1 saturated carbocycles. The van der Waals surface area contributed by atoms with Crippen LogP contribution in [0.25, 0.3) is 22.6 Å². The SMILES string of the molecule is Cn1cnc(-c2ccc(-c3cnc(N(C4CC4)[C@H]4C[C@]5(C)CC[C@@](C)(N5)[C@H]4F)nn3)c(O)c2)n1. The number of rotatable bonds is 5. The first-order valence-electron chi connectivity index (χ1n) is 11.9. The summed E-state index contributed by atoms with van der Waals surface area (Å²) < 4.78 is 17.4. The van der Waals surface area contributed by atoms with Gasteiger partial charge in [-0.1, -0.05) is 6.07 Å². The van der Waals surface area contributed by atoms with Crippen molar-refractivity contribution in [1.29, 1.82) is 0 Å². The van der Waals surface area contributed by atoms with E-state index in [1.807, 2.05) is 13.0 Å².